The van der Waals surface area contributed by atoms with Gasteiger partial charge < -0.3 is 5.11 Å². The molecule has 0 unspecified atom stereocenters. The van der Waals surface area contributed by atoms with Gasteiger partial charge in [-0.25, -0.2) is 0 Å². The molecule has 0 aliphatic rings. The summed E-state index contributed by atoms with van der Waals surface area (Å²) in [4.78, 5) is 0. The van der Waals surface area contributed by atoms with Crippen LogP contribution < -0.4 is 0 Å². The zero-order valence-corrected chi connectivity index (χ0v) is 6.59. The van der Waals surface area contributed by atoms with Gasteiger partial charge in [0.1, 0.15) is 0 Å². The third-order valence-electron chi connectivity index (χ3n) is 0.965. The van der Waals surface area contributed by atoms with E-state index in [2.05, 4.69) is 6.58 Å². The van der Waals surface area contributed by atoms with Gasteiger partial charge in [-0.05, 0) is 19.4 Å². The summed E-state index contributed by atoms with van der Waals surface area (Å²) in [7, 11) is 0. The first-order chi connectivity index (χ1) is 4.66. The second-order valence-corrected chi connectivity index (χ2v) is 2.42. The highest BCUT2D eigenvalue weighted by Gasteiger charge is 1.79. The van der Waals surface area contributed by atoms with E-state index < -0.39 is 0 Å². The van der Waals surface area contributed by atoms with Gasteiger partial charge in [-0.1, -0.05) is 30.4 Å². The molecule has 0 radical (unpaired) electrons. The van der Waals surface area contributed by atoms with Crippen molar-refractivity contribution in [3.8, 4) is 0 Å². The molecule has 1 heteroatoms. The maximum Gasteiger partial charge on any atom is 0.0676 e. The third-order valence-corrected chi connectivity index (χ3v) is 0.965. The number of allylic oxidation sites excluding steroid dienone is 3. The minimum atomic E-state index is 0.0348. The van der Waals surface area contributed by atoms with Crippen molar-refractivity contribution in [2.75, 3.05) is 6.61 Å². The van der Waals surface area contributed by atoms with Crippen molar-refractivity contribution in [2.24, 2.45) is 0 Å². The van der Waals surface area contributed by atoms with Crippen molar-refractivity contribution in [1.29, 1.82) is 0 Å². The Balaban J connectivity index is 3.77. The molecule has 0 heterocycles. The topological polar surface area (TPSA) is 20.2 Å². The van der Waals surface area contributed by atoms with E-state index in [-0.39, 0.29) is 6.61 Å². The van der Waals surface area contributed by atoms with E-state index in [4.69, 9.17) is 5.11 Å². The molecule has 0 fully saturated rings. The molecular formula is C9H14O. The van der Waals surface area contributed by atoms with E-state index in [1.807, 2.05) is 26.0 Å². The van der Waals surface area contributed by atoms with E-state index in [0.717, 1.165) is 5.57 Å². The van der Waals surface area contributed by atoms with Crippen LogP contribution in [0.2, 0.25) is 0 Å². The summed E-state index contributed by atoms with van der Waals surface area (Å²) in [5.74, 6) is 0. The standard InChI is InChI=1S/C9H14O/c1-8(2)5-4-6-9(3)7-10/h4-6,10H,3,7H2,1-2H3/b6-4-. The van der Waals surface area contributed by atoms with Crippen molar-refractivity contribution in [3.63, 3.8) is 0 Å². The van der Waals surface area contributed by atoms with Crippen LogP contribution in [0.25, 0.3) is 0 Å². The summed E-state index contributed by atoms with van der Waals surface area (Å²) in [5.41, 5.74) is 1.97. The second kappa shape index (κ2) is 5.00. The van der Waals surface area contributed by atoms with Gasteiger partial charge in [0, 0.05) is 0 Å². The molecule has 56 valence electrons. The van der Waals surface area contributed by atoms with Gasteiger partial charge in [0.05, 0.1) is 6.61 Å². The molecule has 1 nitrogen and oxygen atoms in total. The van der Waals surface area contributed by atoms with E-state index in [0.29, 0.717) is 0 Å². The Kier molecular flexibility index (Phi) is 4.59. The van der Waals surface area contributed by atoms with Crippen molar-refractivity contribution < 1.29 is 5.11 Å². The molecule has 10 heavy (non-hydrogen) atoms. The number of rotatable bonds is 3. The van der Waals surface area contributed by atoms with Crippen molar-refractivity contribution in [1.82, 2.24) is 0 Å². The molecule has 0 aliphatic carbocycles. The first-order valence-electron chi connectivity index (χ1n) is 3.27. The molecule has 0 spiro atoms. The second-order valence-electron chi connectivity index (χ2n) is 2.42. The lowest BCUT2D eigenvalue weighted by Gasteiger charge is -1.88. The molecule has 0 aromatic rings. The van der Waals surface area contributed by atoms with Crippen LogP contribution in [0.3, 0.4) is 0 Å². The number of hydrogen-bond acceptors (Lipinski definition) is 1. The molecule has 0 aliphatic heterocycles. The Morgan fingerprint density at radius 2 is 2.10 bits per heavy atom. The number of aliphatic hydroxyl groups excluding tert-OH is 1. The Morgan fingerprint density at radius 3 is 2.50 bits per heavy atom. The average molecular weight is 138 g/mol. The molecule has 0 rings (SSSR count). The Bertz CT molecular complexity index is 160. The minimum absolute atomic E-state index is 0.0348. The van der Waals surface area contributed by atoms with Crippen LogP contribution in [0.1, 0.15) is 13.8 Å². The quantitative estimate of drug-likeness (QED) is 0.592. The van der Waals surface area contributed by atoms with Crippen LogP contribution in [-0.4, -0.2) is 11.7 Å². The molecule has 1 N–H and O–H groups in total. The van der Waals surface area contributed by atoms with Gasteiger partial charge in [0.2, 0.25) is 0 Å². The molecule has 0 saturated carbocycles. The Morgan fingerprint density at radius 1 is 1.50 bits per heavy atom. The van der Waals surface area contributed by atoms with Gasteiger partial charge in [-0.2, -0.15) is 0 Å². The smallest absolute Gasteiger partial charge is 0.0676 e. The zero-order valence-electron chi connectivity index (χ0n) is 6.59. The van der Waals surface area contributed by atoms with E-state index >= 15 is 0 Å². The van der Waals surface area contributed by atoms with E-state index in [1.54, 1.807) is 6.08 Å². The highest BCUT2D eigenvalue weighted by Crippen LogP contribution is 1.93. The predicted molar refractivity (Wildman–Crippen MR) is 44.8 cm³/mol. The van der Waals surface area contributed by atoms with Crippen molar-refractivity contribution in [2.45, 2.75) is 13.8 Å². The summed E-state index contributed by atoms with van der Waals surface area (Å²) in [6.45, 7) is 7.68. The molecule has 0 bridgehead atoms. The van der Waals surface area contributed by atoms with Crippen LogP contribution in [0.15, 0.2) is 36.0 Å². The third kappa shape index (κ3) is 5.32. The molecule has 0 aromatic carbocycles. The minimum Gasteiger partial charge on any atom is -0.392 e. The SMILES string of the molecule is C=C(/C=C\C=C(C)C)CO. The van der Waals surface area contributed by atoms with Gasteiger partial charge >= 0.3 is 0 Å². The lowest BCUT2D eigenvalue weighted by Crippen LogP contribution is -1.80. The number of hydrogen-bond donors (Lipinski definition) is 1. The molecule has 0 aromatic heterocycles. The van der Waals surface area contributed by atoms with Crippen LogP contribution in [-0.2, 0) is 0 Å². The van der Waals surface area contributed by atoms with Gasteiger partial charge in [-0.3, -0.25) is 0 Å². The van der Waals surface area contributed by atoms with Crippen LogP contribution >= 0.6 is 0 Å². The van der Waals surface area contributed by atoms with Crippen molar-refractivity contribution >= 4 is 0 Å². The predicted octanol–water partition coefficient (Wildman–Crippen LogP) is 2.06. The highest BCUT2D eigenvalue weighted by molar-refractivity contribution is 5.20. The monoisotopic (exact) mass is 138 g/mol. The largest absolute Gasteiger partial charge is 0.392 e. The average Bonchev–Trinajstić information content (AvgIpc) is 1.87. The van der Waals surface area contributed by atoms with Crippen LogP contribution in [0, 0.1) is 0 Å². The Hall–Kier alpha value is -0.820. The maximum atomic E-state index is 8.53. The highest BCUT2D eigenvalue weighted by atomic mass is 16.3. The van der Waals surface area contributed by atoms with Crippen molar-refractivity contribution in [3.05, 3.63) is 36.0 Å². The van der Waals surface area contributed by atoms with Crippen LogP contribution in [0.4, 0.5) is 0 Å². The van der Waals surface area contributed by atoms with Gasteiger partial charge in [0.25, 0.3) is 0 Å². The summed E-state index contributed by atoms with van der Waals surface area (Å²) in [6, 6.07) is 0. The van der Waals surface area contributed by atoms with E-state index in [1.165, 1.54) is 5.57 Å². The van der Waals surface area contributed by atoms with Gasteiger partial charge in [0.15, 0.2) is 0 Å². The molecule has 0 saturated heterocycles. The summed E-state index contributed by atoms with van der Waals surface area (Å²) in [6.07, 6.45) is 5.65. The zero-order chi connectivity index (χ0) is 7.98. The first kappa shape index (κ1) is 9.18. The fourth-order valence-electron chi connectivity index (χ4n) is 0.429. The molecule has 0 amide bonds. The fourth-order valence-corrected chi connectivity index (χ4v) is 0.429. The Labute approximate surface area is 62.4 Å². The van der Waals surface area contributed by atoms with Gasteiger partial charge in [-0.15, -0.1) is 0 Å². The lowest BCUT2D eigenvalue weighted by atomic mass is 10.2. The lowest BCUT2D eigenvalue weighted by molar-refractivity contribution is 0.335. The van der Waals surface area contributed by atoms with E-state index in [9.17, 15) is 0 Å². The van der Waals surface area contributed by atoms with Crippen LogP contribution in [0.5, 0.6) is 0 Å². The molecular weight excluding hydrogens is 124 g/mol. The summed E-state index contributed by atoms with van der Waals surface area (Å²) in [5, 5.41) is 8.53. The summed E-state index contributed by atoms with van der Waals surface area (Å²) >= 11 is 0. The first-order valence-corrected chi connectivity index (χ1v) is 3.27. The number of aliphatic hydroxyl groups is 1. The maximum absolute atomic E-state index is 8.53. The fraction of sp³-hybridized carbons (Fsp3) is 0.333. The summed E-state index contributed by atoms with van der Waals surface area (Å²) < 4.78 is 0. The molecule has 0 atom stereocenters. The normalized spacial score (nSPS) is 9.90.